The Morgan fingerprint density at radius 2 is 1.86 bits per heavy atom. The molecule has 2 unspecified atom stereocenters. The van der Waals surface area contributed by atoms with Gasteiger partial charge in [-0.25, -0.2) is 0 Å². The predicted octanol–water partition coefficient (Wildman–Crippen LogP) is 1.89. The number of para-hydroxylation sites is 1. The molecule has 1 heterocycles. The molecule has 1 saturated carbocycles. The second-order valence-electron chi connectivity index (χ2n) is 5.96. The molecule has 1 aromatic rings. The monoisotopic (exact) mass is 299 g/mol. The lowest BCUT2D eigenvalue weighted by molar-refractivity contribution is -0.145. The van der Waals surface area contributed by atoms with E-state index < -0.39 is 17.2 Å². The SMILES string of the molecule is CC(=O)C1(C2CC(=O)N(c3ccccc3)C2=O)CCCC1=O. The number of ketones is 2. The molecule has 0 bridgehead atoms. The molecule has 1 aromatic carbocycles. The van der Waals surface area contributed by atoms with Gasteiger partial charge in [-0.2, -0.15) is 0 Å². The molecule has 1 aliphatic carbocycles. The van der Waals surface area contributed by atoms with Gasteiger partial charge in [0.15, 0.2) is 0 Å². The number of carbonyl (C=O) groups excluding carboxylic acids is 4. The Bertz CT molecular complexity index is 666. The number of benzene rings is 1. The van der Waals surface area contributed by atoms with Crippen LogP contribution in [0.5, 0.6) is 0 Å². The highest BCUT2D eigenvalue weighted by molar-refractivity contribution is 6.24. The van der Waals surface area contributed by atoms with Crippen molar-refractivity contribution < 1.29 is 19.2 Å². The molecule has 2 aliphatic rings. The number of nitrogens with zero attached hydrogens (tertiary/aromatic N) is 1. The van der Waals surface area contributed by atoms with Crippen molar-refractivity contribution in [2.24, 2.45) is 11.3 Å². The minimum Gasteiger partial charge on any atom is -0.299 e. The van der Waals surface area contributed by atoms with Crippen molar-refractivity contribution in [1.29, 1.82) is 0 Å². The van der Waals surface area contributed by atoms with Gasteiger partial charge in [0.25, 0.3) is 0 Å². The van der Waals surface area contributed by atoms with E-state index in [2.05, 4.69) is 0 Å². The van der Waals surface area contributed by atoms with Gasteiger partial charge in [-0.1, -0.05) is 18.2 Å². The van der Waals surface area contributed by atoms with E-state index >= 15 is 0 Å². The Kier molecular flexibility index (Phi) is 3.43. The largest absolute Gasteiger partial charge is 0.299 e. The number of amides is 2. The van der Waals surface area contributed by atoms with E-state index in [-0.39, 0.29) is 23.9 Å². The Balaban J connectivity index is 2.01. The lowest BCUT2D eigenvalue weighted by Gasteiger charge is -2.29. The molecule has 1 aliphatic heterocycles. The Hall–Kier alpha value is -2.30. The van der Waals surface area contributed by atoms with Gasteiger partial charge in [-0.3, -0.25) is 24.1 Å². The fourth-order valence-electron chi connectivity index (χ4n) is 3.74. The third kappa shape index (κ3) is 1.92. The molecule has 5 nitrogen and oxygen atoms in total. The molecule has 0 aromatic heterocycles. The Labute approximate surface area is 128 Å². The van der Waals surface area contributed by atoms with Gasteiger partial charge in [0.05, 0.1) is 17.0 Å². The highest BCUT2D eigenvalue weighted by Gasteiger charge is 2.59. The van der Waals surface area contributed by atoms with Crippen LogP contribution in [-0.4, -0.2) is 23.4 Å². The van der Waals surface area contributed by atoms with Gasteiger partial charge >= 0.3 is 0 Å². The molecule has 22 heavy (non-hydrogen) atoms. The van der Waals surface area contributed by atoms with Crippen LogP contribution in [0.25, 0.3) is 0 Å². The van der Waals surface area contributed by atoms with Crippen LogP contribution in [0.3, 0.4) is 0 Å². The first-order valence-electron chi connectivity index (χ1n) is 7.44. The summed E-state index contributed by atoms with van der Waals surface area (Å²) in [5, 5.41) is 0. The van der Waals surface area contributed by atoms with Gasteiger partial charge in [0.2, 0.25) is 11.8 Å². The number of imide groups is 1. The molecular formula is C17H17NO4. The molecule has 3 rings (SSSR count). The van der Waals surface area contributed by atoms with Crippen molar-refractivity contribution in [3.05, 3.63) is 30.3 Å². The topological polar surface area (TPSA) is 71.5 Å². The van der Waals surface area contributed by atoms with Crippen LogP contribution >= 0.6 is 0 Å². The second-order valence-corrected chi connectivity index (χ2v) is 5.96. The number of carbonyl (C=O) groups is 4. The molecular weight excluding hydrogens is 282 g/mol. The first kappa shape index (κ1) is 14.6. The van der Waals surface area contributed by atoms with E-state index in [1.807, 2.05) is 0 Å². The second kappa shape index (κ2) is 5.16. The van der Waals surface area contributed by atoms with Crippen LogP contribution in [0.15, 0.2) is 30.3 Å². The molecule has 2 atom stereocenters. The number of anilines is 1. The van der Waals surface area contributed by atoms with E-state index in [1.54, 1.807) is 30.3 Å². The number of hydrogen-bond donors (Lipinski definition) is 0. The summed E-state index contributed by atoms with van der Waals surface area (Å²) in [6.45, 7) is 1.35. The van der Waals surface area contributed by atoms with Crippen molar-refractivity contribution in [2.75, 3.05) is 4.90 Å². The van der Waals surface area contributed by atoms with Crippen molar-refractivity contribution in [2.45, 2.75) is 32.6 Å². The molecule has 1 saturated heterocycles. The van der Waals surface area contributed by atoms with E-state index in [1.165, 1.54) is 6.92 Å². The van der Waals surface area contributed by atoms with E-state index in [9.17, 15) is 19.2 Å². The summed E-state index contributed by atoms with van der Waals surface area (Å²) < 4.78 is 0. The van der Waals surface area contributed by atoms with Crippen molar-refractivity contribution in [3.8, 4) is 0 Å². The summed E-state index contributed by atoms with van der Waals surface area (Å²) >= 11 is 0. The number of Topliss-reactive ketones (excluding diaryl/α,β-unsaturated/α-hetero) is 2. The lowest BCUT2D eigenvalue weighted by atomic mass is 9.69. The predicted molar refractivity (Wildman–Crippen MR) is 79.0 cm³/mol. The fourth-order valence-corrected chi connectivity index (χ4v) is 3.74. The first-order valence-corrected chi connectivity index (χ1v) is 7.44. The van der Waals surface area contributed by atoms with Gasteiger partial charge < -0.3 is 0 Å². The van der Waals surface area contributed by atoms with Crippen LogP contribution in [-0.2, 0) is 19.2 Å². The molecule has 0 spiro atoms. The molecule has 0 radical (unpaired) electrons. The molecule has 2 fully saturated rings. The quantitative estimate of drug-likeness (QED) is 0.631. The highest BCUT2D eigenvalue weighted by Crippen LogP contribution is 2.47. The zero-order valence-corrected chi connectivity index (χ0v) is 12.4. The summed E-state index contributed by atoms with van der Waals surface area (Å²) in [6.07, 6.45) is 1.21. The zero-order valence-electron chi connectivity index (χ0n) is 12.4. The van der Waals surface area contributed by atoms with Gasteiger partial charge in [-0.05, 0) is 31.9 Å². The zero-order chi connectivity index (χ0) is 15.9. The Morgan fingerprint density at radius 3 is 2.41 bits per heavy atom. The average Bonchev–Trinajstić information content (AvgIpc) is 3.01. The van der Waals surface area contributed by atoms with E-state index in [0.29, 0.717) is 24.9 Å². The summed E-state index contributed by atoms with van der Waals surface area (Å²) in [7, 11) is 0. The van der Waals surface area contributed by atoms with Crippen LogP contribution in [0.2, 0.25) is 0 Å². The highest BCUT2D eigenvalue weighted by atomic mass is 16.2. The van der Waals surface area contributed by atoms with E-state index in [0.717, 1.165) is 4.90 Å². The molecule has 0 N–H and O–H groups in total. The van der Waals surface area contributed by atoms with E-state index in [4.69, 9.17) is 0 Å². The van der Waals surface area contributed by atoms with Crippen molar-refractivity contribution in [1.82, 2.24) is 0 Å². The normalized spacial score (nSPS) is 28.5. The molecule has 5 heteroatoms. The summed E-state index contributed by atoms with van der Waals surface area (Å²) in [5.41, 5.74) is -0.805. The molecule has 114 valence electrons. The van der Waals surface area contributed by atoms with Crippen LogP contribution in [0.1, 0.15) is 32.6 Å². The summed E-state index contributed by atoms with van der Waals surface area (Å²) in [6, 6.07) is 8.63. The maximum atomic E-state index is 12.8. The minimum absolute atomic E-state index is 0.0704. The Morgan fingerprint density at radius 1 is 1.18 bits per heavy atom. The van der Waals surface area contributed by atoms with Crippen molar-refractivity contribution >= 4 is 29.1 Å². The number of hydrogen-bond acceptors (Lipinski definition) is 4. The van der Waals surface area contributed by atoms with Gasteiger partial charge in [0, 0.05) is 12.8 Å². The third-order valence-corrected chi connectivity index (χ3v) is 4.86. The maximum absolute atomic E-state index is 12.8. The standard InChI is InChI=1S/C17H17NO4/c1-11(19)17(9-5-8-14(17)20)13-10-15(21)18(16(13)22)12-6-3-2-4-7-12/h2-4,6-7,13H,5,8-10H2,1H3. The number of rotatable bonds is 3. The third-order valence-electron chi connectivity index (χ3n) is 4.86. The molecule has 2 amide bonds. The average molecular weight is 299 g/mol. The lowest BCUT2D eigenvalue weighted by Crippen LogP contribution is -2.45. The smallest absolute Gasteiger partial charge is 0.238 e. The van der Waals surface area contributed by atoms with Crippen LogP contribution in [0, 0.1) is 11.3 Å². The van der Waals surface area contributed by atoms with Crippen molar-refractivity contribution in [3.63, 3.8) is 0 Å². The summed E-state index contributed by atoms with van der Waals surface area (Å²) in [5.74, 6) is -2.12. The fraction of sp³-hybridized carbons (Fsp3) is 0.412. The van der Waals surface area contributed by atoms with Gasteiger partial charge in [0.1, 0.15) is 11.6 Å². The van der Waals surface area contributed by atoms with Crippen LogP contribution < -0.4 is 4.90 Å². The minimum atomic E-state index is -1.30. The first-order chi connectivity index (χ1) is 10.5. The van der Waals surface area contributed by atoms with Crippen LogP contribution in [0.4, 0.5) is 5.69 Å². The maximum Gasteiger partial charge on any atom is 0.238 e. The van der Waals surface area contributed by atoms with Gasteiger partial charge in [-0.15, -0.1) is 0 Å². The summed E-state index contributed by atoms with van der Waals surface area (Å²) in [4.78, 5) is 50.7.